The van der Waals surface area contributed by atoms with E-state index in [1.807, 2.05) is 24.3 Å². The molecule has 132 valence electrons. The summed E-state index contributed by atoms with van der Waals surface area (Å²) in [5.41, 5.74) is 0. The lowest BCUT2D eigenvalue weighted by atomic mass is 10.3. The van der Waals surface area contributed by atoms with E-state index in [2.05, 4.69) is 62.7 Å². The molecule has 0 aliphatic heterocycles. The normalized spacial score (nSPS) is 11.8. The highest BCUT2D eigenvalue weighted by molar-refractivity contribution is 9.10. The van der Waals surface area contributed by atoms with E-state index in [1.54, 1.807) is 23.5 Å². The van der Waals surface area contributed by atoms with Crippen LogP contribution in [0, 0.1) is 0 Å². The number of benzene rings is 2. The summed E-state index contributed by atoms with van der Waals surface area (Å²) in [7, 11) is 0. The number of ether oxygens (including phenoxy) is 1. The minimum atomic E-state index is -0.366. The molecule has 0 aliphatic carbocycles. The van der Waals surface area contributed by atoms with Crippen LogP contribution in [0.25, 0.3) is 0 Å². The maximum Gasteiger partial charge on any atom is 0.330 e. The van der Waals surface area contributed by atoms with E-state index in [0.29, 0.717) is 0 Å². The second-order valence-corrected chi connectivity index (χ2v) is 9.21. The molecule has 6 heteroatoms. The van der Waals surface area contributed by atoms with Crippen LogP contribution in [0.3, 0.4) is 0 Å². The van der Waals surface area contributed by atoms with Crippen molar-refractivity contribution in [3.63, 3.8) is 0 Å². The highest BCUT2D eigenvalue weighted by Gasteiger charge is 2.14. The fourth-order valence-electron chi connectivity index (χ4n) is 1.95. The summed E-state index contributed by atoms with van der Waals surface area (Å²) >= 11 is 10.3. The predicted molar refractivity (Wildman–Crippen MR) is 114 cm³/mol. The number of thioether (sulfide) groups is 2. The van der Waals surface area contributed by atoms with Gasteiger partial charge in [0.25, 0.3) is 0 Å². The third kappa shape index (κ3) is 8.03. The third-order valence-corrected chi connectivity index (χ3v) is 6.47. The number of esters is 1. The smallest absolute Gasteiger partial charge is 0.330 e. The number of hydrogen-bond acceptors (Lipinski definition) is 4. The lowest BCUT2D eigenvalue weighted by Gasteiger charge is -2.16. The van der Waals surface area contributed by atoms with Crippen LogP contribution in [0.15, 0.2) is 79.9 Å². The van der Waals surface area contributed by atoms with Gasteiger partial charge in [-0.1, -0.05) is 38.4 Å². The highest BCUT2D eigenvalue weighted by atomic mass is 79.9. The van der Waals surface area contributed by atoms with E-state index in [-0.39, 0.29) is 12.1 Å². The van der Waals surface area contributed by atoms with Gasteiger partial charge in [0.05, 0.1) is 0 Å². The Kier molecular flexibility index (Phi) is 9.17. The molecule has 0 fully saturated rings. The van der Waals surface area contributed by atoms with E-state index in [0.717, 1.165) is 31.8 Å². The van der Waals surface area contributed by atoms with Gasteiger partial charge in [-0.2, -0.15) is 0 Å². The van der Waals surface area contributed by atoms with Crippen LogP contribution in [0.2, 0.25) is 0 Å². The van der Waals surface area contributed by atoms with Crippen LogP contribution < -0.4 is 0 Å². The number of carbonyl (C=O) groups is 1. The SMILES string of the molecule is C=CC(=O)OC(CCSc1ccc(Br)cc1)CSc1ccc(Br)cc1. The van der Waals surface area contributed by atoms with Gasteiger partial charge in [0, 0.05) is 36.3 Å². The minimum absolute atomic E-state index is 0.137. The van der Waals surface area contributed by atoms with Crippen molar-refractivity contribution in [1.29, 1.82) is 0 Å². The molecule has 0 heterocycles. The average molecular weight is 502 g/mol. The molecule has 25 heavy (non-hydrogen) atoms. The lowest BCUT2D eigenvalue weighted by molar-refractivity contribution is -0.141. The van der Waals surface area contributed by atoms with Crippen LogP contribution >= 0.6 is 55.4 Å². The maximum atomic E-state index is 11.6. The minimum Gasteiger partial charge on any atom is -0.458 e. The van der Waals surface area contributed by atoms with Gasteiger partial charge < -0.3 is 4.74 Å². The van der Waals surface area contributed by atoms with E-state index in [9.17, 15) is 4.79 Å². The Hall–Kier alpha value is -0.690. The van der Waals surface area contributed by atoms with Crippen LogP contribution in [-0.4, -0.2) is 23.6 Å². The molecule has 0 aliphatic rings. The molecule has 0 bridgehead atoms. The van der Waals surface area contributed by atoms with Gasteiger partial charge in [0.2, 0.25) is 0 Å². The monoisotopic (exact) mass is 500 g/mol. The van der Waals surface area contributed by atoms with Crippen LogP contribution in [0.4, 0.5) is 0 Å². The zero-order valence-electron chi connectivity index (χ0n) is 13.5. The van der Waals surface area contributed by atoms with Gasteiger partial charge in [-0.15, -0.1) is 23.5 Å². The predicted octanol–water partition coefficient (Wildman–Crippen LogP) is 6.58. The number of hydrogen-bond donors (Lipinski definition) is 0. The molecule has 0 radical (unpaired) electrons. The van der Waals surface area contributed by atoms with Crippen molar-refractivity contribution in [3.05, 3.63) is 70.1 Å². The Labute approximate surface area is 174 Å². The molecule has 2 nitrogen and oxygen atoms in total. The summed E-state index contributed by atoms with van der Waals surface area (Å²) in [6, 6.07) is 16.3. The summed E-state index contributed by atoms with van der Waals surface area (Å²) < 4.78 is 7.62. The molecule has 2 aromatic rings. The molecule has 0 N–H and O–H groups in total. The first kappa shape index (κ1) is 20.6. The number of carbonyl (C=O) groups excluding carboxylic acids is 1. The lowest BCUT2D eigenvalue weighted by Crippen LogP contribution is -2.20. The molecule has 0 aromatic heterocycles. The zero-order chi connectivity index (χ0) is 18.1. The largest absolute Gasteiger partial charge is 0.458 e. The van der Waals surface area contributed by atoms with Gasteiger partial charge in [0.15, 0.2) is 0 Å². The van der Waals surface area contributed by atoms with E-state index in [1.165, 1.54) is 11.0 Å². The molecule has 1 unspecified atom stereocenters. The van der Waals surface area contributed by atoms with Crippen molar-refractivity contribution in [3.8, 4) is 0 Å². The topological polar surface area (TPSA) is 26.3 Å². The Morgan fingerprint density at radius 3 is 2.04 bits per heavy atom. The number of halogens is 2. The maximum absolute atomic E-state index is 11.6. The first-order valence-corrected chi connectivity index (χ1v) is 11.2. The van der Waals surface area contributed by atoms with Crippen molar-refractivity contribution >= 4 is 61.4 Å². The van der Waals surface area contributed by atoms with Gasteiger partial charge >= 0.3 is 5.97 Å². The Morgan fingerprint density at radius 1 is 1.00 bits per heavy atom. The van der Waals surface area contributed by atoms with E-state index >= 15 is 0 Å². The van der Waals surface area contributed by atoms with Gasteiger partial charge in [-0.3, -0.25) is 0 Å². The Bertz CT molecular complexity index is 688. The van der Waals surface area contributed by atoms with Crippen molar-refractivity contribution < 1.29 is 9.53 Å². The molecule has 2 rings (SSSR count). The first-order valence-electron chi connectivity index (χ1n) is 7.66. The molecule has 1 atom stereocenters. The molecule has 0 amide bonds. The summed E-state index contributed by atoms with van der Waals surface area (Å²) in [5, 5.41) is 0. The summed E-state index contributed by atoms with van der Waals surface area (Å²) in [6.45, 7) is 3.48. The van der Waals surface area contributed by atoms with E-state index < -0.39 is 0 Å². The summed E-state index contributed by atoms with van der Waals surface area (Å²) in [6.07, 6.45) is 1.88. The average Bonchev–Trinajstić information content (AvgIpc) is 2.62. The highest BCUT2D eigenvalue weighted by Crippen LogP contribution is 2.25. The molecule has 0 saturated carbocycles. The first-order chi connectivity index (χ1) is 12.1. The van der Waals surface area contributed by atoms with Gasteiger partial charge in [-0.05, 0) is 55.0 Å². The fraction of sp³-hybridized carbons (Fsp3) is 0.211. The summed E-state index contributed by atoms with van der Waals surface area (Å²) in [4.78, 5) is 13.9. The van der Waals surface area contributed by atoms with Crippen molar-refractivity contribution in [2.45, 2.75) is 22.3 Å². The van der Waals surface area contributed by atoms with Crippen molar-refractivity contribution in [2.24, 2.45) is 0 Å². The van der Waals surface area contributed by atoms with Crippen molar-refractivity contribution in [2.75, 3.05) is 11.5 Å². The molecule has 2 aromatic carbocycles. The second kappa shape index (κ2) is 11.1. The van der Waals surface area contributed by atoms with Crippen molar-refractivity contribution in [1.82, 2.24) is 0 Å². The zero-order valence-corrected chi connectivity index (χ0v) is 18.3. The molecule has 0 saturated heterocycles. The quantitative estimate of drug-likeness (QED) is 0.220. The third-order valence-electron chi connectivity index (χ3n) is 3.22. The van der Waals surface area contributed by atoms with Crippen LogP contribution in [-0.2, 0) is 9.53 Å². The Balaban J connectivity index is 1.85. The Morgan fingerprint density at radius 2 is 1.52 bits per heavy atom. The van der Waals surface area contributed by atoms with Gasteiger partial charge in [-0.25, -0.2) is 4.79 Å². The second-order valence-electron chi connectivity index (χ2n) is 5.12. The fourth-order valence-corrected chi connectivity index (χ4v) is 4.36. The van der Waals surface area contributed by atoms with Crippen LogP contribution in [0.5, 0.6) is 0 Å². The molecule has 0 spiro atoms. The van der Waals surface area contributed by atoms with E-state index in [4.69, 9.17) is 4.74 Å². The molecular weight excluding hydrogens is 484 g/mol. The summed E-state index contributed by atoms with van der Waals surface area (Å²) in [5.74, 6) is 1.25. The van der Waals surface area contributed by atoms with Gasteiger partial charge in [0.1, 0.15) is 6.10 Å². The standard InChI is InChI=1S/C19H18Br2O2S2/c1-2-19(22)23-16(13-25-18-9-5-15(21)6-10-18)11-12-24-17-7-3-14(20)4-8-17/h2-10,16H,1,11-13H2. The van der Waals surface area contributed by atoms with Crippen LogP contribution in [0.1, 0.15) is 6.42 Å². The number of rotatable bonds is 9. The molecular formula is C19H18Br2O2S2.